The topological polar surface area (TPSA) is 36.1 Å². The number of rotatable bonds is 3. The van der Waals surface area contributed by atoms with E-state index in [1.807, 2.05) is 41.3 Å². The molecule has 1 aromatic heterocycles. The zero-order chi connectivity index (χ0) is 22.5. The number of anilines is 1. The largest absolute Gasteiger partial charge is 0.354 e. The van der Waals surface area contributed by atoms with Crippen molar-refractivity contribution >= 4 is 22.5 Å². The zero-order valence-electron chi connectivity index (χ0n) is 18.7. The molecular weight excluding hydrogens is 404 g/mol. The molecule has 1 amide bonds. The van der Waals surface area contributed by atoms with Crippen molar-refractivity contribution in [2.24, 2.45) is 0 Å². The van der Waals surface area contributed by atoms with Crippen LogP contribution in [-0.2, 0) is 0 Å². The number of carbonyl (C=O) groups is 1. The van der Waals surface area contributed by atoms with Crippen molar-refractivity contribution in [1.82, 2.24) is 4.98 Å². The highest BCUT2D eigenvalue weighted by atomic mass is 16.2. The molecule has 5 aromatic rings. The molecule has 0 unspecified atom stereocenters. The smallest absolute Gasteiger partial charge is 0.259 e. The van der Waals surface area contributed by atoms with Crippen molar-refractivity contribution in [2.45, 2.75) is 19.9 Å². The molecule has 160 valence electrons. The minimum Gasteiger partial charge on any atom is -0.354 e. The van der Waals surface area contributed by atoms with Crippen molar-refractivity contribution in [3.63, 3.8) is 0 Å². The third-order valence-electron chi connectivity index (χ3n) is 6.63. The first-order valence-electron chi connectivity index (χ1n) is 11.3. The number of nitrogens with zero attached hydrogens (tertiary/aromatic N) is 1. The molecule has 0 radical (unpaired) electrons. The molecule has 4 aromatic carbocycles. The van der Waals surface area contributed by atoms with Gasteiger partial charge in [0.25, 0.3) is 5.91 Å². The van der Waals surface area contributed by atoms with E-state index in [1.54, 1.807) is 0 Å². The van der Waals surface area contributed by atoms with Crippen LogP contribution in [0, 0.1) is 13.8 Å². The van der Waals surface area contributed by atoms with E-state index < -0.39 is 0 Å². The number of amides is 1. The van der Waals surface area contributed by atoms with Gasteiger partial charge in [-0.15, -0.1) is 0 Å². The van der Waals surface area contributed by atoms with Crippen LogP contribution in [-0.4, -0.2) is 10.9 Å². The number of fused-ring (bicyclic) bond motifs is 2. The molecule has 0 saturated heterocycles. The van der Waals surface area contributed by atoms with E-state index in [0.29, 0.717) is 0 Å². The summed E-state index contributed by atoms with van der Waals surface area (Å²) >= 11 is 0. The Bertz CT molecular complexity index is 1490. The molecule has 3 nitrogen and oxygen atoms in total. The fourth-order valence-corrected chi connectivity index (χ4v) is 4.97. The van der Waals surface area contributed by atoms with Crippen LogP contribution in [0.15, 0.2) is 97.1 Å². The summed E-state index contributed by atoms with van der Waals surface area (Å²) in [6.07, 6.45) is 0. The molecule has 2 heterocycles. The third-order valence-corrected chi connectivity index (χ3v) is 6.63. The normalized spacial score (nSPS) is 15.3. The summed E-state index contributed by atoms with van der Waals surface area (Å²) in [7, 11) is 0. The lowest BCUT2D eigenvalue weighted by Crippen LogP contribution is -2.28. The van der Waals surface area contributed by atoms with Crippen LogP contribution in [0.1, 0.15) is 38.7 Å². The lowest BCUT2D eigenvalue weighted by Gasteiger charge is -2.27. The average Bonchev–Trinajstić information content (AvgIpc) is 3.35. The van der Waals surface area contributed by atoms with Gasteiger partial charge in [-0.3, -0.25) is 9.69 Å². The van der Waals surface area contributed by atoms with Gasteiger partial charge in [0.2, 0.25) is 0 Å². The number of hydrogen-bond acceptors (Lipinski definition) is 1. The first-order chi connectivity index (χ1) is 16.1. The van der Waals surface area contributed by atoms with Gasteiger partial charge in [-0.2, -0.15) is 0 Å². The van der Waals surface area contributed by atoms with Gasteiger partial charge in [-0.1, -0.05) is 83.9 Å². The third kappa shape index (κ3) is 3.08. The number of carbonyl (C=O) groups excluding carboxylic acids is 1. The molecule has 1 aliphatic rings. The van der Waals surface area contributed by atoms with Gasteiger partial charge in [0, 0.05) is 27.7 Å². The lowest BCUT2D eigenvalue weighted by molar-refractivity contribution is 0.0993. The zero-order valence-corrected chi connectivity index (χ0v) is 18.7. The van der Waals surface area contributed by atoms with Gasteiger partial charge in [0.1, 0.15) is 0 Å². The van der Waals surface area contributed by atoms with Crippen molar-refractivity contribution < 1.29 is 4.79 Å². The van der Waals surface area contributed by atoms with E-state index >= 15 is 0 Å². The molecule has 3 heteroatoms. The molecule has 1 aliphatic heterocycles. The number of aromatic amines is 1. The van der Waals surface area contributed by atoms with Gasteiger partial charge in [-0.25, -0.2) is 0 Å². The Morgan fingerprint density at radius 3 is 2.12 bits per heavy atom. The summed E-state index contributed by atoms with van der Waals surface area (Å²) in [6.45, 7) is 4.16. The van der Waals surface area contributed by atoms with E-state index in [9.17, 15) is 4.79 Å². The van der Waals surface area contributed by atoms with Crippen molar-refractivity contribution in [3.8, 4) is 11.3 Å². The highest BCUT2D eigenvalue weighted by Gasteiger charge is 2.41. The maximum Gasteiger partial charge on any atom is 0.259 e. The molecule has 0 aliphatic carbocycles. The summed E-state index contributed by atoms with van der Waals surface area (Å²) in [6, 6.07) is 33.0. The summed E-state index contributed by atoms with van der Waals surface area (Å²) < 4.78 is 0. The van der Waals surface area contributed by atoms with Crippen molar-refractivity contribution in [1.29, 1.82) is 0 Å². The summed E-state index contributed by atoms with van der Waals surface area (Å²) in [5, 5.41) is 1.14. The van der Waals surface area contributed by atoms with E-state index in [4.69, 9.17) is 0 Å². The summed E-state index contributed by atoms with van der Waals surface area (Å²) in [5.41, 5.74) is 9.50. The van der Waals surface area contributed by atoms with E-state index in [0.717, 1.165) is 44.5 Å². The molecule has 1 atom stereocenters. The first kappa shape index (κ1) is 19.6. The Morgan fingerprint density at radius 2 is 1.36 bits per heavy atom. The fraction of sp³-hybridized carbons (Fsp3) is 0.100. The number of benzene rings is 4. The monoisotopic (exact) mass is 428 g/mol. The number of aryl methyl sites for hydroxylation is 2. The SMILES string of the molecule is Cc1ccc(-c2[nH]c3ccccc3c2[C@H]2c3ccccc3C(=O)N2c2ccc(C)cc2)cc1. The quantitative estimate of drug-likeness (QED) is 0.324. The highest BCUT2D eigenvalue weighted by molar-refractivity contribution is 6.13. The van der Waals surface area contributed by atoms with Gasteiger partial charge in [0.15, 0.2) is 0 Å². The molecule has 1 N–H and O–H groups in total. The summed E-state index contributed by atoms with van der Waals surface area (Å²) in [5.74, 6) is 0.0413. The second-order valence-corrected chi connectivity index (χ2v) is 8.83. The number of aromatic nitrogens is 1. The average molecular weight is 429 g/mol. The van der Waals surface area contributed by atoms with Gasteiger partial charge < -0.3 is 4.98 Å². The predicted octanol–water partition coefficient (Wildman–Crippen LogP) is 7.20. The molecule has 6 rings (SSSR count). The molecular formula is C30H24N2O. The Labute approximate surface area is 193 Å². The minimum absolute atomic E-state index is 0.0413. The van der Waals surface area contributed by atoms with E-state index in [1.165, 1.54) is 11.1 Å². The predicted molar refractivity (Wildman–Crippen MR) is 135 cm³/mol. The molecule has 0 spiro atoms. The minimum atomic E-state index is -0.219. The standard InChI is InChI=1S/C30H24N2O/c1-19-11-15-21(16-12-19)28-27(25-9-5-6-10-26(25)31-28)29-23-7-3-4-8-24(23)30(33)32(29)22-17-13-20(2)14-18-22/h3-18,29,31H,1-2H3/t29-/m1/s1. The maximum atomic E-state index is 13.7. The van der Waals surface area contributed by atoms with Gasteiger partial charge >= 0.3 is 0 Å². The fourth-order valence-electron chi connectivity index (χ4n) is 4.97. The lowest BCUT2D eigenvalue weighted by atomic mass is 9.93. The Balaban J connectivity index is 1.66. The molecule has 0 bridgehead atoms. The van der Waals surface area contributed by atoms with Crippen LogP contribution in [0.2, 0.25) is 0 Å². The number of para-hydroxylation sites is 1. The second-order valence-electron chi connectivity index (χ2n) is 8.83. The van der Waals surface area contributed by atoms with Crippen LogP contribution in [0.5, 0.6) is 0 Å². The van der Waals surface area contributed by atoms with Gasteiger partial charge in [-0.05, 0) is 49.2 Å². The Hall–Kier alpha value is -4.11. The summed E-state index contributed by atoms with van der Waals surface area (Å²) in [4.78, 5) is 19.4. The second kappa shape index (κ2) is 7.49. The Kier molecular flexibility index (Phi) is 4.44. The van der Waals surface area contributed by atoms with Crippen molar-refractivity contribution in [3.05, 3.63) is 125 Å². The Morgan fingerprint density at radius 1 is 0.727 bits per heavy atom. The number of hydrogen-bond donors (Lipinski definition) is 1. The number of nitrogens with one attached hydrogen (secondary N) is 1. The van der Waals surface area contributed by atoms with E-state index in [-0.39, 0.29) is 11.9 Å². The van der Waals surface area contributed by atoms with E-state index in [2.05, 4.69) is 79.5 Å². The maximum absolute atomic E-state index is 13.7. The molecule has 0 fully saturated rings. The van der Waals surface area contributed by atoms with Crippen LogP contribution >= 0.6 is 0 Å². The van der Waals surface area contributed by atoms with Crippen molar-refractivity contribution in [2.75, 3.05) is 4.90 Å². The van der Waals surface area contributed by atoms with Crippen LogP contribution in [0.4, 0.5) is 5.69 Å². The molecule has 0 saturated carbocycles. The number of H-pyrrole nitrogens is 1. The molecule has 33 heavy (non-hydrogen) atoms. The van der Waals surface area contributed by atoms with Crippen LogP contribution < -0.4 is 4.90 Å². The first-order valence-corrected chi connectivity index (χ1v) is 11.3. The van der Waals surface area contributed by atoms with Crippen LogP contribution in [0.25, 0.3) is 22.2 Å². The highest BCUT2D eigenvalue weighted by Crippen LogP contribution is 2.47. The van der Waals surface area contributed by atoms with Gasteiger partial charge in [0.05, 0.1) is 11.7 Å². The van der Waals surface area contributed by atoms with Crippen LogP contribution in [0.3, 0.4) is 0 Å².